The van der Waals surface area contributed by atoms with Gasteiger partial charge >= 0.3 is 5.69 Å². The zero-order valence-electron chi connectivity index (χ0n) is 16.6. The Morgan fingerprint density at radius 1 is 1.14 bits per heavy atom. The van der Waals surface area contributed by atoms with E-state index in [0.29, 0.717) is 24.6 Å². The topological polar surface area (TPSA) is 99.0 Å². The number of nitro benzene ring substituents is 1. The van der Waals surface area contributed by atoms with Crippen LogP contribution in [0, 0.1) is 23.0 Å². The number of aryl methyl sites for hydroxylation is 1. The lowest BCUT2D eigenvalue weighted by Crippen LogP contribution is -2.39. The summed E-state index contributed by atoms with van der Waals surface area (Å²) in [5, 5.41) is 11.6. The lowest BCUT2D eigenvalue weighted by molar-refractivity contribution is -0.385. The summed E-state index contributed by atoms with van der Waals surface area (Å²) in [5.74, 6) is 0.938. The van der Waals surface area contributed by atoms with E-state index in [1.54, 1.807) is 18.2 Å². The molecule has 1 fully saturated rings. The fourth-order valence-electron chi connectivity index (χ4n) is 3.38. The third-order valence-electron chi connectivity index (χ3n) is 4.92. The highest BCUT2D eigenvalue weighted by Gasteiger charge is 2.31. The Bertz CT molecular complexity index is 1020. The molecule has 0 radical (unpaired) electrons. The quantitative estimate of drug-likeness (QED) is 0.515. The number of methoxy groups -OCH3 is 1. The first-order valence-corrected chi connectivity index (χ1v) is 10.8. The van der Waals surface area contributed by atoms with Gasteiger partial charge in [-0.25, -0.2) is 8.42 Å². The molecule has 3 rings (SSSR count). The molecule has 0 unspecified atom stereocenters. The molecular weight excluding hydrogens is 396 g/mol. The average Bonchev–Trinajstić information content (AvgIpc) is 2.69. The van der Waals surface area contributed by atoms with Gasteiger partial charge in [-0.05, 0) is 55.5 Å². The number of benzene rings is 2. The van der Waals surface area contributed by atoms with E-state index in [0.717, 1.165) is 24.5 Å². The predicted molar refractivity (Wildman–Crippen MR) is 108 cm³/mol. The van der Waals surface area contributed by atoms with Gasteiger partial charge < -0.3 is 9.47 Å². The smallest absolute Gasteiger partial charge is 0.312 e. The van der Waals surface area contributed by atoms with Gasteiger partial charge in [0.1, 0.15) is 0 Å². The van der Waals surface area contributed by atoms with Crippen molar-refractivity contribution in [3.63, 3.8) is 0 Å². The highest BCUT2D eigenvalue weighted by Crippen LogP contribution is 2.38. The molecule has 8 nitrogen and oxygen atoms in total. The summed E-state index contributed by atoms with van der Waals surface area (Å²) in [4.78, 5) is 10.9. The van der Waals surface area contributed by atoms with Crippen molar-refractivity contribution in [2.24, 2.45) is 5.92 Å². The molecule has 1 aliphatic rings. The summed E-state index contributed by atoms with van der Waals surface area (Å²) < 4.78 is 38.3. The molecule has 9 heteroatoms. The first-order chi connectivity index (χ1) is 13.7. The Hall–Kier alpha value is -2.65. The minimum atomic E-state index is -3.81. The van der Waals surface area contributed by atoms with Crippen LogP contribution in [0.4, 0.5) is 5.69 Å². The van der Waals surface area contributed by atoms with Crippen LogP contribution in [0.2, 0.25) is 0 Å². The minimum Gasteiger partial charge on any atom is -0.493 e. The van der Waals surface area contributed by atoms with Crippen molar-refractivity contribution >= 4 is 15.7 Å². The normalized spacial score (nSPS) is 17.7. The highest BCUT2D eigenvalue weighted by molar-refractivity contribution is 7.89. The van der Waals surface area contributed by atoms with Gasteiger partial charge in [0.15, 0.2) is 11.5 Å². The Labute approximate surface area is 170 Å². The Kier molecular flexibility index (Phi) is 6.09. The maximum Gasteiger partial charge on any atom is 0.312 e. The zero-order chi connectivity index (χ0) is 21.2. The SMILES string of the molecule is COc1cc(C)ccc1Oc1ccc(S(=O)(=O)N2CCC[C@H](C)C2)cc1[N+](=O)[O-]. The van der Waals surface area contributed by atoms with E-state index < -0.39 is 20.6 Å². The molecule has 0 saturated carbocycles. The van der Waals surface area contributed by atoms with Crippen LogP contribution in [-0.4, -0.2) is 37.8 Å². The van der Waals surface area contributed by atoms with Crippen LogP contribution < -0.4 is 9.47 Å². The van der Waals surface area contributed by atoms with Crippen LogP contribution in [0.1, 0.15) is 25.3 Å². The van der Waals surface area contributed by atoms with E-state index in [1.807, 2.05) is 13.8 Å². The second-order valence-corrected chi connectivity index (χ2v) is 9.19. The summed E-state index contributed by atoms with van der Waals surface area (Å²) in [5.41, 5.74) is 0.527. The Morgan fingerprint density at radius 2 is 1.86 bits per heavy atom. The largest absolute Gasteiger partial charge is 0.493 e. The first-order valence-electron chi connectivity index (χ1n) is 9.33. The van der Waals surface area contributed by atoms with Crippen LogP contribution in [0.3, 0.4) is 0 Å². The van der Waals surface area contributed by atoms with E-state index >= 15 is 0 Å². The van der Waals surface area contributed by atoms with Crippen LogP contribution in [0.5, 0.6) is 17.2 Å². The number of ether oxygens (including phenoxy) is 2. The maximum atomic E-state index is 13.0. The van der Waals surface area contributed by atoms with Gasteiger partial charge in [0.05, 0.1) is 16.9 Å². The van der Waals surface area contributed by atoms with Gasteiger partial charge in [-0.3, -0.25) is 10.1 Å². The molecule has 2 aromatic rings. The summed E-state index contributed by atoms with van der Waals surface area (Å²) >= 11 is 0. The number of piperidine rings is 1. The Balaban J connectivity index is 1.97. The summed E-state index contributed by atoms with van der Waals surface area (Å²) in [6, 6.07) is 8.91. The molecule has 0 aliphatic carbocycles. The molecule has 1 saturated heterocycles. The molecule has 0 N–H and O–H groups in total. The van der Waals surface area contributed by atoms with Gasteiger partial charge in [0, 0.05) is 19.2 Å². The number of nitro groups is 1. The van der Waals surface area contributed by atoms with Gasteiger partial charge in [-0.15, -0.1) is 0 Å². The third kappa shape index (κ3) is 4.51. The molecule has 1 atom stereocenters. The number of rotatable bonds is 6. The standard InChI is InChI=1S/C20H24N2O6S/c1-14-6-8-19(20(11-14)27-3)28-18-9-7-16(12-17(18)22(23)24)29(25,26)21-10-4-5-15(2)13-21/h6-9,11-12,15H,4-5,10,13H2,1-3H3/t15-/m0/s1. The van der Waals surface area contributed by atoms with Crippen molar-refractivity contribution in [3.8, 4) is 17.2 Å². The molecule has 0 amide bonds. The van der Waals surface area contributed by atoms with Crippen molar-refractivity contribution in [2.75, 3.05) is 20.2 Å². The van der Waals surface area contributed by atoms with Crippen molar-refractivity contribution in [1.29, 1.82) is 0 Å². The van der Waals surface area contributed by atoms with E-state index in [-0.39, 0.29) is 16.6 Å². The van der Waals surface area contributed by atoms with Gasteiger partial charge in [-0.1, -0.05) is 13.0 Å². The number of sulfonamides is 1. The summed E-state index contributed by atoms with van der Waals surface area (Å²) in [6.07, 6.45) is 1.74. The number of hydrogen-bond donors (Lipinski definition) is 0. The van der Waals surface area contributed by atoms with Crippen LogP contribution in [-0.2, 0) is 10.0 Å². The third-order valence-corrected chi connectivity index (χ3v) is 6.78. The van der Waals surface area contributed by atoms with E-state index in [1.165, 1.54) is 23.5 Å². The Morgan fingerprint density at radius 3 is 2.52 bits per heavy atom. The van der Waals surface area contributed by atoms with E-state index in [2.05, 4.69) is 0 Å². The molecule has 0 aromatic heterocycles. The lowest BCUT2D eigenvalue weighted by Gasteiger charge is -2.30. The van der Waals surface area contributed by atoms with Crippen molar-refractivity contribution in [2.45, 2.75) is 31.6 Å². The van der Waals surface area contributed by atoms with Crippen molar-refractivity contribution in [3.05, 3.63) is 52.1 Å². The average molecular weight is 420 g/mol. The molecule has 2 aromatic carbocycles. The fourth-order valence-corrected chi connectivity index (χ4v) is 5.00. The maximum absolute atomic E-state index is 13.0. The van der Waals surface area contributed by atoms with Crippen molar-refractivity contribution in [1.82, 2.24) is 4.31 Å². The summed E-state index contributed by atoms with van der Waals surface area (Å²) in [7, 11) is -2.33. The highest BCUT2D eigenvalue weighted by atomic mass is 32.2. The van der Waals surface area contributed by atoms with Gasteiger partial charge in [0.2, 0.25) is 15.8 Å². The molecule has 1 aliphatic heterocycles. The van der Waals surface area contributed by atoms with E-state index in [4.69, 9.17) is 9.47 Å². The monoisotopic (exact) mass is 420 g/mol. The van der Waals surface area contributed by atoms with E-state index in [9.17, 15) is 18.5 Å². The van der Waals surface area contributed by atoms with Crippen LogP contribution in [0.25, 0.3) is 0 Å². The number of hydrogen-bond acceptors (Lipinski definition) is 6. The molecule has 1 heterocycles. The zero-order valence-corrected chi connectivity index (χ0v) is 17.4. The molecule has 156 valence electrons. The second-order valence-electron chi connectivity index (χ2n) is 7.25. The molecule has 0 spiro atoms. The predicted octanol–water partition coefficient (Wildman–Crippen LogP) is 4.12. The second kappa shape index (κ2) is 8.38. The number of nitrogens with zero attached hydrogens (tertiary/aromatic N) is 2. The lowest BCUT2D eigenvalue weighted by atomic mass is 10.0. The van der Waals surface area contributed by atoms with Crippen molar-refractivity contribution < 1.29 is 22.8 Å². The molecule has 0 bridgehead atoms. The molecule has 29 heavy (non-hydrogen) atoms. The van der Waals surface area contributed by atoms with Gasteiger partial charge in [-0.2, -0.15) is 4.31 Å². The fraction of sp³-hybridized carbons (Fsp3) is 0.400. The van der Waals surface area contributed by atoms with Crippen LogP contribution >= 0.6 is 0 Å². The van der Waals surface area contributed by atoms with Gasteiger partial charge in [0.25, 0.3) is 0 Å². The first kappa shape index (κ1) is 21.1. The minimum absolute atomic E-state index is 0.0527. The molecular formula is C20H24N2O6S. The van der Waals surface area contributed by atoms with Crippen LogP contribution in [0.15, 0.2) is 41.3 Å². The summed E-state index contributed by atoms with van der Waals surface area (Å²) in [6.45, 7) is 4.71.